The molecule has 2 aromatic carbocycles. The van der Waals surface area contributed by atoms with Gasteiger partial charge < -0.3 is 9.52 Å². The quantitative estimate of drug-likeness (QED) is 0.474. The van der Waals surface area contributed by atoms with Crippen molar-refractivity contribution in [3.63, 3.8) is 0 Å². The molecule has 5 aromatic rings. The lowest BCUT2D eigenvalue weighted by atomic mass is 10.1. The number of aromatic hydroxyl groups is 1. The summed E-state index contributed by atoms with van der Waals surface area (Å²) < 4.78 is 7.63. The Morgan fingerprint density at radius 3 is 2.76 bits per heavy atom. The van der Waals surface area contributed by atoms with Crippen LogP contribution < -0.4 is 0 Å². The summed E-state index contributed by atoms with van der Waals surface area (Å²) in [5, 5.41) is 11.3. The van der Waals surface area contributed by atoms with Gasteiger partial charge >= 0.3 is 0 Å². The van der Waals surface area contributed by atoms with Crippen LogP contribution >= 0.6 is 12.4 Å². The number of halogens is 1. The molecule has 0 saturated heterocycles. The van der Waals surface area contributed by atoms with Crippen LogP contribution in [0.5, 0.6) is 5.88 Å². The molecule has 0 spiro atoms. The predicted octanol–water partition coefficient (Wildman–Crippen LogP) is 4.73. The first kappa shape index (κ1) is 15.5. The molecule has 0 saturated carbocycles. The highest BCUT2D eigenvalue weighted by Gasteiger charge is 2.12. The average Bonchev–Trinajstić information content (AvgIpc) is 3.16. The molecule has 0 unspecified atom stereocenters. The fraction of sp³-hybridized carbons (Fsp3) is 0.0526. The minimum atomic E-state index is 0. The number of hydrogen-bond acceptors (Lipinski definition) is 4. The molecule has 5 nitrogen and oxygen atoms in total. The third-order valence-corrected chi connectivity index (χ3v) is 4.29. The lowest BCUT2D eigenvalue weighted by Crippen LogP contribution is -1.91. The van der Waals surface area contributed by atoms with Crippen LogP contribution in [0.3, 0.4) is 0 Å². The van der Waals surface area contributed by atoms with Gasteiger partial charge in [-0.3, -0.25) is 9.38 Å². The fourth-order valence-electron chi connectivity index (χ4n) is 3.09. The van der Waals surface area contributed by atoms with Gasteiger partial charge in [-0.25, -0.2) is 4.98 Å². The largest absolute Gasteiger partial charge is 0.493 e. The third kappa shape index (κ3) is 2.24. The van der Waals surface area contributed by atoms with Gasteiger partial charge in [-0.05, 0) is 37.3 Å². The zero-order valence-electron chi connectivity index (χ0n) is 13.3. The third-order valence-electron chi connectivity index (χ3n) is 4.29. The van der Waals surface area contributed by atoms with Crippen molar-refractivity contribution in [2.45, 2.75) is 6.92 Å². The van der Waals surface area contributed by atoms with E-state index in [1.165, 1.54) is 0 Å². The van der Waals surface area contributed by atoms with Crippen LogP contribution in [0.15, 0.2) is 59.1 Å². The summed E-state index contributed by atoms with van der Waals surface area (Å²) in [5.41, 5.74) is 4.61. The molecule has 0 atom stereocenters. The highest BCUT2D eigenvalue weighted by atomic mass is 35.5. The molecule has 5 rings (SSSR count). The van der Waals surface area contributed by atoms with Gasteiger partial charge in [0, 0.05) is 10.9 Å². The zero-order valence-corrected chi connectivity index (χ0v) is 14.1. The highest BCUT2D eigenvalue weighted by molar-refractivity contribution is 5.87. The van der Waals surface area contributed by atoms with Crippen LogP contribution in [0.4, 0.5) is 0 Å². The van der Waals surface area contributed by atoms with E-state index in [1.54, 1.807) is 17.5 Å². The maximum atomic E-state index is 10.2. The molecular weight excluding hydrogens is 338 g/mol. The van der Waals surface area contributed by atoms with Gasteiger partial charge in [0.25, 0.3) is 0 Å². The number of aromatic nitrogens is 3. The lowest BCUT2D eigenvalue weighted by Gasteiger charge is -2.04. The van der Waals surface area contributed by atoms with Crippen LogP contribution in [0.1, 0.15) is 5.69 Å². The van der Waals surface area contributed by atoms with Gasteiger partial charge in [0.1, 0.15) is 17.0 Å². The van der Waals surface area contributed by atoms with Crippen LogP contribution in [-0.4, -0.2) is 19.5 Å². The molecule has 0 aliphatic heterocycles. The van der Waals surface area contributed by atoms with Crippen molar-refractivity contribution in [1.82, 2.24) is 14.4 Å². The number of nitrogens with zero attached hydrogens (tertiary/aromatic N) is 3. The minimum Gasteiger partial charge on any atom is -0.493 e. The van der Waals surface area contributed by atoms with Crippen molar-refractivity contribution in [2.24, 2.45) is 0 Å². The maximum absolute atomic E-state index is 10.2. The summed E-state index contributed by atoms with van der Waals surface area (Å²) in [7, 11) is 0. The van der Waals surface area contributed by atoms with E-state index >= 15 is 0 Å². The van der Waals surface area contributed by atoms with E-state index in [0.29, 0.717) is 11.3 Å². The van der Waals surface area contributed by atoms with Crippen molar-refractivity contribution in [3.8, 4) is 17.2 Å². The van der Waals surface area contributed by atoms with E-state index < -0.39 is 0 Å². The molecule has 0 bridgehead atoms. The number of imidazole rings is 1. The van der Waals surface area contributed by atoms with Gasteiger partial charge in [-0.2, -0.15) is 0 Å². The summed E-state index contributed by atoms with van der Waals surface area (Å²) in [6.45, 7) is 1.77. The van der Waals surface area contributed by atoms with E-state index in [1.807, 2.05) is 48.5 Å². The molecule has 25 heavy (non-hydrogen) atoms. The van der Waals surface area contributed by atoms with E-state index in [9.17, 15) is 5.11 Å². The normalized spacial score (nSPS) is 11.2. The Morgan fingerprint density at radius 1 is 1.08 bits per heavy atom. The number of fused-ring (bicyclic) bond motifs is 4. The summed E-state index contributed by atoms with van der Waals surface area (Å²) in [6.07, 6.45) is 1.66. The smallest absolute Gasteiger partial charge is 0.219 e. The number of rotatable bonds is 1. The summed E-state index contributed by atoms with van der Waals surface area (Å²) in [4.78, 5) is 8.77. The number of aryl methyl sites for hydroxylation is 1. The highest BCUT2D eigenvalue weighted by Crippen LogP contribution is 2.30. The van der Waals surface area contributed by atoms with Gasteiger partial charge in [0.2, 0.25) is 5.88 Å². The first-order valence-corrected chi connectivity index (χ1v) is 7.66. The summed E-state index contributed by atoms with van der Waals surface area (Å²) in [5.74, 6) is 0.944. The molecule has 0 amide bonds. The van der Waals surface area contributed by atoms with Gasteiger partial charge in [0.15, 0.2) is 5.65 Å². The Morgan fingerprint density at radius 2 is 1.92 bits per heavy atom. The van der Waals surface area contributed by atoms with Crippen molar-refractivity contribution in [3.05, 3.63) is 60.4 Å². The molecule has 3 heterocycles. The Kier molecular flexibility index (Phi) is 3.40. The standard InChI is InChI=1S/C19H13N3O2.ClH/c1-11-19(23)22-15-7-6-13(8-14(15)20-10-18(22)21-11)17-9-12-4-2-3-5-16(12)24-17;/h2-10,23H,1H3;1H. The zero-order chi connectivity index (χ0) is 16.3. The van der Waals surface area contributed by atoms with Gasteiger partial charge in [-0.15, -0.1) is 12.4 Å². The Bertz CT molecular complexity index is 1210. The fourth-order valence-corrected chi connectivity index (χ4v) is 3.09. The van der Waals surface area contributed by atoms with Crippen LogP contribution in [0, 0.1) is 6.92 Å². The summed E-state index contributed by atoms with van der Waals surface area (Å²) in [6, 6.07) is 15.8. The van der Waals surface area contributed by atoms with Crippen LogP contribution in [0.2, 0.25) is 0 Å². The SMILES string of the molecule is Cc1nc2cnc3cc(-c4cc5ccccc5o4)ccc3n2c1O.Cl. The topological polar surface area (TPSA) is 63.6 Å². The van der Waals surface area contributed by atoms with E-state index in [4.69, 9.17) is 4.42 Å². The number of hydrogen-bond donors (Lipinski definition) is 1. The number of para-hydroxylation sites is 1. The predicted molar refractivity (Wildman–Crippen MR) is 99.4 cm³/mol. The van der Waals surface area contributed by atoms with Crippen LogP contribution in [0.25, 0.3) is 39.0 Å². The molecule has 3 aromatic heterocycles. The molecule has 0 fully saturated rings. The number of benzene rings is 2. The van der Waals surface area contributed by atoms with E-state index in [-0.39, 0.29) is 18.3 Å². The number of furan rings is 1. The average molecular weight is 352 g/mol. The summed E-state index contributed by atoms with van der Waals surface area (Å²) >= 11 is 0. The first-order valence-electron chi connectivity index (χ1n) is 7.66. The van der Waals surface area contributed by atoms with Gasteiger partial charge in [0.05, 0.1) is 17.2 Å². The van der Waals surface area contributed by atoms with Crippen molar-refractivity contribution in [2.75, 3.05) is 0 Å². The second-order valence-electron chi connectivity index (χ2n) is 5.82. The molecule has 124 valence electrons. The minimum absolute atomic E-state index is 0. The van der Waals surface area contributed by atoms with Gasteiger partial charge in [-0.1, -0.05) is 18.2 Å². The molecule has 0 aliphatic rings. The van der Waals surface area contributed by atoms with Crippen LogP contribution in [-0.2, 0) is 0 Å². The maximum Gasteiger partial charge on any atom is 0.219 e. The molecule has 1 N–H and O–H groups in total. The lowest BCUT2D eigenvalue weighted by molar-refractivity contribution is 0.446. The van der Waals surface area contributed by atoms with Crippen molar-refractivity contribution in [1.29, 1.82) is 0 Å². The second-order valence-corrected chi connectivity index (χ2v) is 5.82. The first-order chi connectivity index (χ1) is 11.7. The molecule has 0 radical (unpaired) electrons. The monoisotopic (exact) mass is 351 g/mol. The second kappa shape index (κ2) is 5.50. The van der Waals surface area contributed by atoms with E-state index in [0.717, 1.165) is 33.3 Å². The molecular formula is C19H14ClN3O2. The van der Waals surface area contributed by atoms with Crippen molar-refractivity contribution < 1.29 is 9.52 Å². The van der Waals surface area contributed by atoms with Crippen molar-refractivity contribution >= 4 is 40.1 Å². The molecule has 0 aliphatic carbocycles. The van der Waals surface area contributed by atoms with E-state index in [2.05, 4.69) is 9.97 Å². The molecule has 6 heteroatoms. The Labute approximate surface area is 149 Å². The Balaban J connectivity index is 0.00000157. The Hall–Kier alpha value is -3.05.